The molecule has 0 bridgehead atoms. The lowest BCUT2D eigenvalue weighted by molar-refractivity contribution is 0.106. The fraction of sp³-hybridized carbons (Fsp3) is 0.647. The Morgan fingerprint density at radius 2 is 1.95 bits per heavy atom. The number of methoxy groups -OCH3 is 2. The predicted octanol–water partition coefficient (Wildman–Crippen LogP) is 2.91. The largest absolute Gasteiger partial charge is 0.497 e. The van der Waals surface area contributed by atoms with E-state index < -0.39 is 0 Å². The summed E-state index contributed by atoms with van der Waals surface area (Å²) in [5, 5.41) is 13.7. The van der Waals surface area contributed by atoms with Gasteiger partial charge >= 0.3 is 0 Å². The summed E-state index contributed by atoms with van der Waals surface area (Å²) in [6.07, 6.45) is 4.57. The average Bonchev–Trinajstić information content (AvgIpc) is 3.06. The first-order valence-corrected chi connectivity index (χ1v) is 7.79. The lowest BCUT2D eigenvalue weighted by atomic mass is 10.00. The van der Waals surface area contributed by atoms with Gasteiger partial charge in [-0.05, 0) is 31.7 Å². The van der Waals surface area contributed by atoms with Gasteiger partial charge in [0.2, 0.25) is 0 Å². The summed E-state index contributed by atoms with van der Waals surface area (Å²) in [7, 11) is 3.31. The second-order valence-electron chi connectivity index (χ2n) is 5.85. The van der Waals surface area contributed by atoms with Crippen molar-refractivity contribution in [2.45, 2.75) is 44.8 Å². The Hall–Kier alpha value is -1.26. The molecule has 2 unspecified atom stereocenters. The molecule has 0 aromatic heterocycles. The first-order valence-electron chi connectivity index (χ1n) is 7.79. The summed E-state index contributed by atoms with van der Waals surface area (Å²) in [6, 6.07) is 5.96. The van der Waals surface area contributed by atoms with Gasteiger partial charge in [0.15, 0.2) is 0 Å². The van der Waals surface area contributed by atoms with E-state index >= 15 is 0 Å². The molecule has 0 amide bonds. The molecule has 2 atom stereocenters. The zero-order valence-electron chi connectivity index (χ0n) is 13.3. The van der Waals surface area contributed by atoms with Gasteiger partial charge in [0.05, 0.1) is 20.3 Å². The normalized spacial score (nSPS) is 18.5. The number of nitrogens with one attached hydrogen (secondary N) is 1. The van der Waals surface area contributed by atoms with Gasteiger partial charge < -0.3 is 19.9 Å². The molecule has 1 aromatic carbocycles. The van der Waals surface area contributed by atoms with Crippen molar-refractivity contribution in [3.8, 4) is 11.5 Å². The van der Waals surface area contributed by atoms with Crippen LogP contribution in [0.2, 0.25) is 0 Å². The highest BCUT2D eigenvalue weighted by Crippen LogP contribution is 2.30. The van der Waals surface area contributed by atoms with E-state index in [9.17, 15) is 5.11 Å². The molecule has 0 aliphatic heterocycles. The van der Waals surface area contributed by atoms with E-state index in [1.165, 1.54) is 12.8 Å². The Morgan fingerprint density at radius 3 is 2.57 bits per heavy atom. The van der Waals surface area contributed by atoms with Crippen molar-refractivity contribution in [2.75, 3.05) is 20.8 Å². The fourth-order valence-corrected chi connectivity index (χ4v) is 3.09. The number of rotatable bonds is 7. The molecule has 1 saturated carbocycles. The van der Waals surface area contributed by atoms with Crippen molar-refractivity contribution in [2.24, 2.45) is 5.92 Å². The molecule has 0 spiro atoms. The van der Waals surface area contributed by atoms with E-state index in [1.807, 2.05) is 18.2 Å². The van der Waals surface area contributed by atoms with E-state index in [0.717, 1.165) is 29.9 Å². The van der Waals surface area contributed by atoms with Crippen molar-refractivity contribution in [3.63, 3.8) is 0 Å². The number of hydrogen-bond donors (Lipinski definition) is 2. The van der Waals surface area contributed by atoms with Gasteiger partial charge in [0.25, 0.3) is 0 Å². The van der Waals surface area contributed by atoms with Crippen molar-refractivity contribution >= 4 is 0 Å². The van der Waals surface area contributed by atoms with Gasteiger partial charge in [-0.3, -0.25) is 0 Å². The molecule has 1 aliphatic rings. The topological polar surface area (TPSA) is 50.7 Å². The van der Waals surface area contributed by atoms with E-state index in [1.54, 1.807) is 14.2 Å². The van der Waals surface area contributed by atoms with Crippen LogP contribution < -0.4 is 14.8 Å². The molecular formula is C17H27NO3. The van der Waals surface area contributed by atoms with Crippen molar-refractivity contribution in [1.29, 1.82) is 0 Å². The van der Waals surface area contributed by atoms with E-state index in [2.05, 4.69) is 12.2 Å². The summed E-state index contributed by atoms with van der Waals surface area (Å²) in [6.45, 7) is 2.71. The standard InChI is InChI=1S/C17H27NO3/c1-12(18-11-16(19)13-6-4-5-7-13)15-9-8-14(20-2)10-17(15)21-3/h8-10,12-13,16,18-19H,4-7,11H2,1-3H3. The van der Waals surface area contributed by atoms with Crippen LogP contribution in [0.5, 0.6) is 11.5 Å². The van der Waals surface area contributed by atoms with Crippen LogP contribution in [-0.4, -0.2) is 32.0 Å². The van der Waals surface area contributed by atoms with Crippen molar-refractivity contribution < 1.29 is 14.6 Å². The first kappa shape index (κ1) is 16.1. The minimum atomic E-state index is -0.251. The average molecular weight is 293 g/mol. The summed E-state index contributed by atoms with van der Waals surface area (Å²) < 4.78 is 10.6. The van der Waals surface area contributed by atoms with Crippen molar-refractivity contribution in [1.82, 2.24) is 5.32 Å². The molecule has 2 rings (SSSR count). The maximum Gasteiger partial charge on any atom is 0.127 e. The molecule has 4 nitrogen and oxygen atoms in total. The zero-order valence-corrected chi connectivity index (χ0v) is 13.3. The molecule has 1 aliphatic carbocycles. The highest BCUT2D eigenvalue weighted by atomic mass is 16.5. The number of hydrogen-bond acceptors (Lipinski definition) is 4. The van der Waals surface area contributed by atoms with E-state index in [0.29, 0.717) is 12.5 Å². The van der Waals surface area contributed by atoms with E-state index in [-0.39, 0.29) is 12.1 Å². The van der Waals surface area contributed by atoms with Crippen LogP contribution in [0.15, 0.2) is 18.2 Å². The third kappa shape index (κ3) is 4.11. The molecule has 21 heavy (non-hydrogen) atoms. The number of aliphatic hydroxyl groups excluding tert-OH is 1. The van der Waals surface area contributed by atoms with E-state index in [4.69, 9.17) is 9.47 Å². The smallest absolute Gasteiger partial charge is 0.127 e. The molecule has 4 heteroatoms. The summed E-state index contributed by atoms with van der Waals surface area (Å²) in [5.41, 5.74) is 1.08. The Balaban J connectivity index is 1.94. The highest BCUT2D eigenvalue weighted by Gasteiger charge is 2.23. The molecule has 1 aromatic rings. The molecular weight excluding hydrogens is 266 g/mol. The second kappa shape index (κ2) is 7.66. The second-order valence-corrected chi connectivity index (χ2v) is 5.85. The minimum Gasteiger partial charge on any atom is -0.497 e. The van der Waals surface area contributed by atoms with Crippen LogP contribution in [0, 0.1) is 5.92 Å². The SMILES string of the molecule is COc1ccc(C(C)NCC(O)C2CCCC2)c(OC)c1. The van der Waals surface area contributed by atoms with Gasteiger partial charge in [-0.1, -0.05) is 18.9 Å². The maximum absolute atomic E-state index is 10.2. The summed E-state index contributed by atoms with van der Waals surface area (Å²) >= 11 is 0. The molecule has 0 radical (unpaired) electrons. The Kier molecular flexibility index (Phi) is 5.88. The van der Waals surface area contributed by atoms with Gasteiger partial charge in [-0.25, -0.2) is 0 Å². The minimum absolute atomic E-state index is 0.127. The molecule has 0 heterocycles. The predicted molar refractivity (Wildman–Crippen MR) is 83.9 cm³/mol. The highest BCUT2D eigenvalue weighted by molar-refractivity contribution is 5.42. The lowest BCUT2D eigenvalue weighted by Crippen LogP contribution is -2.33. The van der Waals surface area contributed by atoms with Crippen molar-refractivity contribution in [3.05, 3.63) is 23.8 Å². The Labute approximate surface area is 127 Å². The maximum atomic E-state index is 10.2. The van der Waals surface area contributed by atoms with Crippen LogP contribution in [0.1, 0.15) is 44.2 Å². The molecule has 2 N–H and O–H groups in total. The number of ether oxygens (including phenoxy) is 2. The Morgan fingerprint density at radius 1 is 1.24 bits per heavy atom. The number of aliphatic hydroxyl groups is 1. The van der Waals surface area contributed by atoms with Crippen LogP contribution in [0.3, 0.4) is 0 Å². The van der Waals surface area contributed by atoms with Crippen LogP contribution in [-0.2, 0) is 0 Å². The fourth-order valence-electron chi connectivity index (χ4n) is 3.09. The number of benzene rings is 1. The van der Waals surface area contributed by atoms with Crippen LogP contribution in [0.25, 0.3) is 0 Å². The zero-order chi connectivity index (χ0) is 15.2. The van der Waals surface area contributed by atoms with Gasteiger partial charge in [-0.2, -0.15) is 0 Å². The van der Waals surface area contributed by atoms with Crippen LogP contribution in [0.4, 0.5) is 0 Å². The molecule has 118 valence electrons. The van der Waals surface area contributed by atoms with Gasteiger partial charge in [0.1, 0.15) is 11.5 Å². The molecule has 0 saturated heterocycles. The first-order chi connectivity index (χ1) is 10.2. The van der Waals surface area contributed by atoms with Crippen LogP contribution >= 0.6 is 0 Å². The molecule has 1 fully saturated rings. The quantitative estimate of drug-likeness (QED) is 0.811. The van der Waals surface area contributed by atoms with Gasteiger partial charge in [0, 0.05) is 24.2 Å². The lowest BCUT2D eigenvalue weighted by Gasteiger charge is -2.22. The van der Waals surface area contributed by atoms with Gasteiger partial charge in [-0.15, -0.1) is 0 Å². The summed E-state index contributed by atoms with van der Waals surface area (Å²) in [5.74, 6) is 2.06. The monoisotopic (exact) mass is 293 g/mol. The third-order valence-electron chi connectivity index (χ3n) is 4.48. The third-order valence-corrected chi connectivity index (χ3v) is 4.48. The Bertz CT molecular complexity index is 444. The summed E-state index contributed by atoms with van der Waals surface area (Å²) in [4.78, 5) is 0.